The molecule has 2 aromatic carbocycles. The van der Waals surface area contributed by atoms with E-state index in [1.165, 1.54) is 12.1 Å². The van der Waals surface area contributed by atoms with Crippen molar-refractivity contribution >= 4 is 28.9 Å². The number of nitrogens with one attached hydrogen (secondary N) is 1. The molecule has 4 nitrogen and oxygen atoms in total. The van der Waals surface area contributed by atoms with Crippen LogP contribution in [0.25, 0.3) is 0 Å². The molecule has 0 aliphatic heterocycles. The number of carbonyl (C=O) groups is 1. The van der Waals surface area contributed by atoms with Crippen molar-refractivity contribution in [2.45, 2.75) is 0 Å². The average molecular weight is 279 g/mol. The summed E-state index contributed by atoms with van der Waals surface area (Å²) in [4.78, 5) is 11.2. The van der Waals surface area contributed by atoms with Crippen molar-refractivity contribution in [2.24, 2.45) is 0 Å². The molecule has 0 saturated heterocycles. The summed E-state index contributed by atoms with van der Waals surface area (Å²) in [7, 11) is 1.56. The molecule has 0 unspecified atom stereocenters. The largest absolute Gasteiger partial charge is 0.497 e. The van der Waals surface area contributed by atoms with E-state index in [2.05, 4.69) is 5.32 Å². The first kappa shape index (κ1) is 11.9. The van der Waals surface area contributed by atoms with Crippen LogP contribution in [-0.2, 0) is 0 Å². The van der Waals surface area contributed by atoms with Crippen molar-refractivity contribution in [1.82, 2.24) is 0 Å². The van der Waals surface area contributed by atoms with Gasteiger partial charge in [-0.3, -0.25) is 0 Å². The number of benzene rings is 2. The first-order valence-corrected chi connectivity index (χ1v) is 5.84. The summed E-state index contributed by atoms with van der Waals surface area (Å²) < 4.78 is 12.9. The molecule has 0 aromatic heterocycles. The summed E-state index contributed by atoms with van der Waals surface area (Å²) in [6, 6.07) is 9.63. The maximum Gasteiger partial charge on any atom is 0.337 e. The Morgan fingerprint density at radius 1 is 1.32 bits per heavy atom. The lowest BCUT2D eigenvalue weighted by Gasteiger charge is -2.10. The molecule has 2 N–H and O–H groups in total. The van der Waals surface area contributed by atoms with Crippen LogP contribution in [-0.4, -0.2) is 18.2 Å². The molecule has 0 spiro atoms. The molecule has 0 fully saturated rings. The van der Waals surface area contributed by atoms with Crippen LogP contribution < -0.4 is 10.1 Å². The van der Waals surface area contributed by atoms with Crippen molar-refractivity contribution in [2.75, 3.05) is 12.4 Å². The summed E-state index contributed by atoms with van der Waals surface area (Å²) in [6.07, 6.45) is 0. The minimum absolute atomic E-state index is 0.00443. The highest BCUT2D eigenvalue weighted by Gasteiger charge is 2.10. The van der Waals surface area contributed by atoms with E-state index in [1.54, 1.807) is 31.4 Å². The highest BCUT2D eigenvalue weighted by Crippen LogP contribution is 2.26. The van der Waals surface area contributed by atoms with Crippen LogP contribution in [0.4, 0.5) is 11.4 Å². The zero-order valence-electron chi connectivity index (χ0n) is 11.1. The number of ether oxygens (including phenoxy) is 1. The summed E-state index contributed by atoms with van der Waals surface area (Å²) >= 11 is 5.86. The van der Waals surface area contributed by atoms with Crippen molar-refractivity contribution in [3.05, 3.63) is 53.0 Å². The van der Waals surface area contributed by atoms with Gasteiger partial charge in [0.25, 0.3) is 0 Å². The number of methoxy groups -OCH3 is 1. The summed E-state index contributed by atoms with van der Waals surface area (Å²) in [5.41, 5.74) is 0.800. The van der Waals surface area contributed by atoms with E-state index in [4.69, 9.17) is 22.8 Å². The van der Waals surface area contributed by atoms with Crippen LogP contribution in [0.3, 0.4) is 0 Å². The molecule has 2 aromatic rings. The van der Waals surface area contributed by atoms with Crippen molar-refractivity contribution in [3.8, 4) is 5.75 Å². The Morgan fingerprint density at radius 3 is 2.58 bits per heavy atom. The highest BCUT2D eigenvalue weighted by atomic mass is 35.5. The van der Waals surface area contributed by atoms with Crippen LogP contribution in [0, 0.1) is 0 Å². The lowest BCUT2D eigenvalue weighted by molar-refractivity contribution is 0.0698. The van der Waals surface area contributed by atoms with Crippen LogP contribution >= 0.6 is 11.6 Å². The molecule has 0 heterocycles. The molecule has 0 radical (unpaired) electrons. The van der Waals surface area contributed by atoms with Gasteiger partial charge >= 0.3 is 5.97 Å². The van der Waals surface area contributed by atoms with E-state index in [-0.39, 0.29) is 22.3 Å². The molecular weight excluding hydrogens is 266 g/mol. The van der Waals surface area contributed by atoms with Crippen LogP contribution in [0.2, 0.25) is 5.02 Å². The van der Waals surface area contributed by atoms with E-state index in [0.29, 0.717) is 11.4 Å². The predicted octanol–water partition coefficient (Wildman–Crippen LogP) is 3.79. The minimum atomic E-state index is -1.12. The Labute approximate surface area is 117 Å². The second-order valence-corrected chi connectivity index (χ2v) is 4.16. The van der Waals surface area contributed by atoms with Crippen molar-refractivity contribution in [1.29, 1.82) is 0 Å². The Bertz CT molecular complexity index is 644. The standard InChI is InChI=1S/C14H12ClNO3/c1-19-11-5-3-10(4-6-11)16-13-8-9(15)2-7-12(13)14(17)18/h2-8,16H,1H3,(H,17,18)/i8D. The highest BCUT2D eigenvalue weighted by molar-refractivity contribution is 6.31. The number of carboxylic acids is 1. The van der Waals surface area contributed by atoms with Crippen molar-refractivity contribution in [3.63, 3.8) is 0 Å². The Hall–Kier alpha value is -2.20. The fraction of sp³-hybridized carbons (Fsp3) is 0.0714. The van der Waals surface area contributed by atoms with Gasteiger partial charge in [-0.2, -0.15) is 0 Å². The van der Waals surface area contributed by atoms with Crippen LogP contribution in [0.15, 0.2) is 42.4 Å². The van der Waals surface area contributed by atoms with Gasteiger partial charge in [0.1, 0.15) is 5.75 Å². The summed E-state index contributed by atoms with van der Waals surface area (Å²) in [5.74, 6) is -0.433. The zero-order valence-corrected chi connectivity index (χ0v) is 10.9. The van der Waals surface area contributed by atoms with Crippen LogP contribution in [0.1, 0.15) is 11.7 Å². The average Bonchev–Trinajstić information content (AvgIpc) is 2.44. The van der Waals surface area contributed by atoms with Crippen LogP contribution in [0.5, 0.6) is 5.75 Å². The molecule has 2 rings (SSSR count). The Kier molecular flexibility index (Phi) is 3.51. The number of hydrogen-bond donors (Lipinski definition) is 2. The molecule has 0 amide bonds. The first-order valence-electron chi connectivity index (χ1n) is 5.96. The van der Waals surface area contributed by atoms with E-state index in [9.17, 15) is 4.79 Å². The molecule has 0 saturated carbocycles. The molecule has 0 bridgehead atoms. The van der Waals surface area contributed by atoms with E-state index in [0.717, 1.165) is 0 Å². The van der Waals surface area contributed by atoms with Crippen molar-refractivity contribution < 1.29 is 16.0 Å². The quantitative estimate of drug-likeness (QED) is 0.893. The molecule has 0 aliphatic rings. The number of aromatic carboxylic acids is 1. The Morgan fingerprint density at radius 2 is 2.00 bits per heavy atom. The lowest BCUT2D eigenvalue weighted by Crippen LogP contribution is -2.02. The number of carboxylic acid groups (broad SMARTS) is 1. The maximum absolute atomic E-state index is 11.2. The lowest BCUT2D eigenvalue weighted by atomic mass is 10.1. The number of hydrogen-bond acceptors (Lipinski definition) is 3. The van der Waals surface area contributed by atoms with Gasteiger partial charge in [-0.1, -0.05) is 11.6 Å². The minimum Gasteiger partial charge on any atom is -0.497 e. The molecule has 19 heavy (non-hydrogen) atoms. The third-order valence-electron chi connectivity index (χ3n) is 2.50. The smallest absolute Gasteiger partial charge is 0.337 e. The number of halogens is 1. The topological polar surface area (TPSA) is 58.6 Å². The number of rotatable bonds is 4. The van der Waals surface area contributed by atoms with Gasteiger partial charge < -0.3 is 15.2 Å². The normalized spacial score (nSPS) is 10.7. The van der Waals surface area contributed by atoms with Gasteiger partial charge in [0.05, 0.1) is 19.7 Å². The molecular formula is C14H12ClNO3. The number of anilines is 2. The second-order valence-electron chi connectivity index (χ2n) is 3.75. The molecule has 0 atom stereocenters. The van der Waals surface area contributed by atoms with Gasteiger partial charge in [-0.05, 0) is 42.4 Å². The summed E-state index contributed by atoms with van der Waals surface area (Å²) in [5, 5.41) is 12.2. The van der Waals surface area contributed by atoms with E-state index in [1.807, 2.05) is 0 Å². The van der Waals surface area contributed by atoms with E-state index >= 15 is 0 Å². The molecule has 0 aliphatic carbocycles. The van der Waals surface area contributed by atoms with Gasteiger partial charge in [0.15, 0.2) is 0 Å². The third-order valence-corrected chi connectivity index (χ3v) is 2.72. The molecule has 98 valence electrons. The monoisotopic (exact) mass is 278 g/mol. The first-order chi connectivity index (χ1) is 9.52. The predicted molar refractivity (Wildman–Crippen MR) is 74.7 cm³/mol. The van der Waals surface area contributed by atoms with Gasteiger partial charge in [-0.15, -0.1) is 0 Å². The van der Waals surface area contributed by atoms with Gasteiger partial charge in [0.2, 0.25) is 0 Å². The summed E-state index contributed by atoms with van der Waals surface area (Å²) in [6.45, 7) is 0. The zero-order chi connectivity index (χ0) is 14.7. The molecule has 5 heteroatoms. The third kappa shape index (κ3) is 3.17. The fourth-order valence-corrected chi connectivity index (χ4v) is 1.72. The maximum atomic E-state index is 11.2. The van der Waals surface area contributed by atoms with Gasteiger partial charge in [0, 0.05) is 10.7 Å². The fourth-order valence-electron chi connectivity index (χ4n) is 1.56. The SMILES string of the molecule is [2H]c1c(Cl)ccc(C(=O)O)c1Nc1ccc(OC)cc1. The Balaban J connectivity index is 2.40. The second kappa shape index (κ2) is 5.63. The van der Waals surface area contributed by atoms with E-state index < -0.39 is 5.97 Å². The van der Waals surface area contributed by atoms with Gasteiger partial charge in [-0.25, -0.2) is 4.79 Å².